The van der Waals surface area contributed by atoms with Crippen molar-refractivity contribution in [1.29, 1.82) is 0 Å². The van der Waals surface area contributed by atoms with Crippen LogP contribution in [0, 0.1) is 5.92 Å². The Hall–Kier alpha value is -1.26. The van der Waals surface area contributed by atoms with E-state index in [9.17, 15) is 24.9 Å². The summed E-state index contributed by atoms with van der Waals surface area (Å²) in [6, 6.07) is 0. The van der Waals surface area contributed by atoms with Crippen molar-refractivity contribution in [2.24, 2.45) is 5.92 Å². The van der Waals surface area contributed by atoms with Crippen molar-refractivity contribution in [2.75, 3.05) is 13.2 Å². The van der Waals surface area contributed by atoms with E-state index >= 15 is 0 Å². The van der Waals surface area contributed by atoms with Crippen molar-refractivity contribution < 1.29 is 39.9 Å². The minimum atomic E-state index is -1.57. The van der Waals surface area contributed by atoms with Gasteiger partial charge in [0.05, 0.1) is 18.6 Å². The number of hydrogen-bond donors (Lipinski definition) is 6. The number of carbonyl (C=O) groups is 2. The molecule has 6 N–H and O–H groups in total. The van der Waals surface area contributed by atoms with Gasteiger partial charge in [0.25, 0.3) is 0 Å². The predicted octanol–water partition coefficient (Wildman–Crippen LogP) is -3.33. The third kappa shape index (κ3) is 3.64. The van der Waals surface area contributed by atoms with Gasteiger partial charge in [-0.05, 0) is 0 Å². The van der Waals surface area contributed by atoms with E-state index in [1.807, 2.05) is 0 Å². The Morgan fingerprint density at radius 1 is 1.20 bits per heavy atom. The maximum Gasteiger partial charge on any atom is 0.322 e. The fourth-order valence-electron chi connectivity index (χ4n) is 2.02. The Kier molecular flexibility index (Phi) is 5.84. The highest BCUT2D eigenvalue weighted by molar-refractivity contribution is 5.83. The molecule has 1 rings (SSSR count). The summed E-state index contributed by atoms with van der Waals surface area (Å²) in [6.07, 6.45) is -6.87. The van der Waals surface area contributed by atoms with E-state index < -0.39 is 61.5 Å². The van der Waals surface area contributed by atoms with Crippen molar-refractivity contribution in [3.63, 3.8) is 0 Å². The Morgan fingerprint density at radius 3 is 2.30 bits per heavy atom. The monoisotopic (exact) mass is 293 g/mol. The fourth-order valence-corrected chi connectivity index (χ4v) is 2.02. The van der Waals surface area contributed by atoms with Gasteiger partial charge in [0.1, 0.15) is 31.0 Å². The number of hydrogen-bond acceptors (Lipinski definition) is 7. The normalized spacial score (nSPS) is 35.4. The molecule has 1 heterocycles. The van der Waals surface area contributed by atoms with E-state index in [4.69, 9.17) is 14.9 Å². The molecular weight excluding hydrogens is 274 g/mol. The van der Waals surface area contributed by atoms with Crippen LogP contribution in [0.25, 0.3) is 0 Å². The number of carboxylic acids is 1. The van der Waals surface area contributed by atoms with Gasteiger partial charge in [-0.1, -0.05) is 6.92 Å². The summed E-state index contributed by atoms with van der Waals surface area (Å²) < 4.78 is 5.20. The average Bonchev–Trinajstić information content (AvgIpc) is 2.41. The standard InChI is InChI=1S/C11H19NO8/c1-4(11(19)12-2-6(14)15)10-9(18)8(17)7(16)5(3-13)20-10/h4-5,7-10,13,16-18H,2-3H2,1H3,(H,12,19)(H,14,15)/t4?,5-,7-,8+,9?,10?/m1/s1. The molecule has 9 nitrogen and oxygen atoms in total. The molecular formula is C11H19NO8. The molecule has 0 aromatic heterocycles. The van der Waals surface area contributed by atoms with Gasteiger partial charge in [0.15, 0.2) is 0 Å². The van der Waals surface area contributed by atoms with Crippen molar-refractivity contribution >= 4 is 11.9 Å². The smallest absolute Gasteiger partial charge is 0.322 e. The maximum atomic E-state index is 11.7. The first-order valence-corrected chi connectivity index (χ1v) is 6.09. The van der Waals surface area contributed by atoms with Crippen LogP contribution in [0.15, 0.2) is 0 Å². The summed E-state index contributed by atoms with van der Waals surface area (Å²) in [5, 5.41) is 48.6. The third-order valence-electron chi connectivity index (χ3n) is 3.25. The van der Waals surface area contributed by atoms with Crippen LogP contribution in [0.2, 0.25) is 0 Å². The number of aliphatic hydroxyl groups excluding tert-OH is 4. The van der Waals surface area contributed by atoms with Crippen molar-refractivity contribution in [1.82, 2.24) is 5.32 Å². The van der Waals surface area contributed by atoms with Crippen LogP contribution in [0.1, 0.15) is 6.92 Å². The molecule has 1 fully saturated rings. The number of amides is 1. The molecule has 1 aliphatic heterocycles. The van der Waals surface area contributed by atoms with Crippen molar-refractivity contribution in [2.45, 2.75) is 37.4 Å². The zero-order valence-corrected chi connectivity index (χ0v) is 10.8. The predicted molar refractivity (Wildman–Crippen MR) is 63.6 cm³/mol. The number of aliphatic hydroxyl groups is 4. The second kappa shape index (κ2) is 6.95. The van der Waals surface area contributed by atoms with E-state index in [2.05, 4.69) is 5.32 Å². The van der Waals surface area contributed by atoms with Crippen LogP contribution in [-0.2, 0) is 14.3 Å². The molecule has 0 radical (unpaired) electrons. The molecule has 9 heteroatoms. The second-order valence-electron chi connectivity index (χ2n) is 4.69. The quantitative estimate of drug-likeness (QED) is 0.307. The van der Waals surface area contributed by atoms with E-state index in [0.717, 1.165) is 0 Å². The molecule has 1 amide bonds. The molecule has 20 heavy (non-hydrogen) atoms. The molecule has 1 aliphatic rings. The first-order valence-electron chi connectivity index (χ1n) is 6.09. The lowest BCUT2D eigenvalue weighted by atomic mass is 9.88. The summed E-state index contributed by atoms with van der Waals surface area (Å²) in [4.78, 5) is 22.1. The average molecular weight is 293 g/mol. The first kappa shape index (κ1) is 16.8. The number of aliphatic carboxylic acids is 1. The van der Waals surface area contributed by atoms with Crippen LogP contribution in [-0.4, -0.2) is 81.1 Å². The molecule has 1 saturated heterocycles. The number of ether oxygens (including phenoxy) is 1. The molecule has 0 bridgehead atoms. The van der Waals surface area contributed by atoms with E-state index in [-0.39, 0.29) is 0 Å². The van der Waals surface area contributed by atoms with Gasteiger partial charge >= 0.3 is 5.97 Å². The lowest BCUT2D eigenvalue weighted by molar-refractivity contribution is -0.238. The van der Waals surface area contributed by atoms with E-state index in [1.165, 1.54) is 6.92 Å². The molecule has 116 valence electrons. The van der Waals surface area contributed by atoms with Crippen LogP contribution in [0.3, 0.4) is 0 Å². The zero-order chi connectivity index (χ0) is 15.4. The van der Waals surface area contributed by atoms with Gasteiger partial charge in [-0.2, -0.15) is 0 Å². The lowest BCUT2D eigenvalue weighted by Gasteiger charge is -2.41. The number of carboxylic acid groups (broad SMARTS) is 1. The Labute approximate surface area is 114 Å². The maximum absolute atomic E-state index is 11.7. The topological polar surface area (TPSA) is 157 Å². The molecule has 0 aromatic rings. The minimum Gasteiger partial charge on any atom is -0.480 e. The highest BCUT2D eigenvalue weighted by atomic mass is 16.5. The molecule has 0 saturated carbocycles. The number of nitrogens with one attached hydrogen (secondary N) is 1. The second-order valence-corrected chi connectivity index (χ2v) is 4.69. The Morgan fingerprint density at radius 2 is 1.80 bits per heavy atom. The zero-order valence-electron chi connectivity index (χ0n) is 10.8. The molecule has 6 atom stereocenters. The number of rotatable bonds is 5. The third-order valence-corrected chi connectivity index (χ3v) is 3.25. The van der Waals surface area contributed by atoms with E-state index in [0.29, 0.717) is 0 Å². The van der Waals surface area contributed by atoms with Gasteiger partial charge in [0.2, 0.25) is 5.91 Å². The number of carbonyl (C=O) groups excluding carboxylic acids is 1. The van der Waals surface area contributed by atoms with Crippen LogP contribution in [0.4, 0.5) is 0 Å². The fraction of sp³-hybridized carbons (Fsp3) is 0.818. The minimum absolute atomic E-state index is 0.583. The van der Waals surface area contributed by atoms with Gasteiger partial charge < -0.3 is 35.6 Å². The summed E-state index contributed by atoms with van der Waals surface area (Å²) in [5.74, 6) is -2.88. The molecule has 3 unspecified atom stereocenters. The SMILES string of the molecule is CC(C(=O)NCC(=O)O)C1O[C@H](CO)[C@@H](O)[C@H](O)C1O. The van der Waals surface area contributed by atoms with Gasteiger partial charge in [0, 0.05) is 0 Å². The van der Waals surface area contributed by atoms with Crippen molar-refractivity contribution in [3.8, 4) is 0 Å². The summed E-state index contributed by atoms with van der Waals surface area (Å²) >= 11 is 0. The van der Waals surface area contributed by atoms with Crippen LogP contribution >= 0.6 is 0 Å². The first-order chi connectivity index (χ1) is 9.29. The summed E-state index contributed by atoms with van der Waals surface area (Å²) in [7, 11) is 0. The highest BCUT2D eigenvalue weighted by Gasteiger charge is 2.46. The van der Waals surface area contributed by atoms with Gasteiger partial charge in [-0.3, -0.25) is 9.59 Å². The molecule has 0 aliphatic carbocycles. The van der Waals surface area contributed by atoms with Gasteiger partial charge in [-0.15, -0.1) is 0 Å². The lowest BCUT2D eigenvalue weighted by Crippen LogP contribution is -2.61. The Balaban J connectivity index is 2.72. The van der Waals surface area contributed by atoms with Crippen LogP contribution < -0.4 is 5.32 Å². The van der Waals surface area contributed by atoms with Gasteiger partial charge in [-0.25, -0.2) is 0 Å². The largest absolute Gasteiger partial charge is 0.480 e. The molecule has 0 aromatic carbocycles. The Bertz CT molecular complexity index is 360. The van der Waals surface area contributed by atoms with Crippen LogP contribution in [0.5, 0.6) is 0 Å². The van der Waals surface area contributed by atoms with E-state index in [1.54, 1.807) is 0 Å². The van der Waals surface area contributed by atoms with Crippen molar-refractivity contribution in [3.05, 3.63) is 0 Å². The highest BCUT2D eigenvalue weighted by Crippen LogP contribution is 2.26. The molecule has 0 spiro atoms. The summed E-state index contributed by atoms with van der Waals surface area (Å²) in [6.45, 7) is 0.204. The summed E-state index contributed by atoms with van der Waals surface area (Å²) in [5.41, 5.74) is 0.